The minimum atomic E-state index is -1.04. The molecule has 8 nitrogen and oxygen atoms in total. The molecule has 0 saturated carbocycles. The van der Waals surface area contributed by atoms with Crippen LogP contribution in [0.5, 0.6) is 0 Å². The number of ether oxygens (including phenoxy) is 1. The number of carbonyl (C=O) groups excluding carboxylic acids is 1. The van der Waals surface area contributed by atoms with E-state index in [0.29, 0.717) is 5.69 Å². The summed E-state index contributed by atoms with van der Waals surface area (Å²) in [6.07, 6.45) is 2.26. The van der Waals surface area contributed by atoms with Gasteiger partial charge in [0.15, 0.2) is 0 Å². The van der Waals surface area contributed by atoms with E-state index in [1.165, 1.54) is 34.4 Å². The number of carboxylic acid groups (broad SMARTS) is 1. The number of carbonyl (C=O) groups is 2. The van der Waals surface area contributed by atoms with E-state index in [9.17, 15) is 9.59 Å². The molecule has 0 spiro atoms. The maximum absolute atomic E-state index is 12.6. The zero-order valence-electron chi connectivity index (χ0n) is 13.7. The average Bonchev–Trinajstić information content (AvgIpc) is 3.18. The largest absolute Gasteiger partial charge is 0.478 e. The molecule has 1 heterocycles. The first-order valence-electron chi connectivity index (χ1n) is 7.77. The Morgan fingerprint density at radius 3 is 2.42 bits per heavy atom. The molecule has 132 valence electrons. The fourth-order valence-corrected chi connectivity index (χ4v) is 2.28. The fraction of sp³-hybridized carbons (Fsp3) is 0.111. The number of rotatable bonds is 6. The maximum atomic E-state index is 12.6. The summed E-state index contributed by atoms with van der Waals surface area (Å²) in [5.41, 5.74) is 1.48. The van der Waals surface area contributed by atoms with Gasteiger partial charge in [-0.15, -0.1) is 0 Å². The van der Waals surface area contributed by atoms with Gasteiger partial charge in [-0.3, -0.25) is 4.90 Å². The fourth-order valence-electron chi connectivity index (χ4n) is 2.28. The van der Waals surface area contributed by atoms with Crippen molar-refractivity contribution >= 4 is 17.7 Å². The molecule has 1 N–H and O–H groups in total. The number of anilines is 1. The summed E-state index contributed by atoms with van der Waals surface area (Å²) >= 11 is 0. The Kier molecular flexibility index (Phi) is 5.23. The van der Waals surface area contributed by atoms with Crippen LogP contribution in [0.4, 0.5) is 10.5 Å². The van der Waals surface area contributed by atoms with E-state index >= 15 is 0 Å². The molecule has 3 rings (SSSR count). The van der Waals surface area contributed by atoms with Gasteiger partial charge in [0.1, 0.15) is 25.9 Å². The van der Waals surface area contributed by atoms with Crippen LogP contribution in [0.3, 0.4) is 0 Å². The molecule has 2 aromatic carbocycles. The summed E-state index contributed by atoms with van der Waals surface area (Å²) < 4.78 is 6.85. The molecule has 0 saturated heterocycles. The van der Waals surface area contributed by atoms with Gasteiger partial charge in [-0.25, -0.2) is 19.3 Å². The van der Waals surface area contributed by atoms with Crippen molar-refractivity contribution in [2.75, 3.05) is 4.90 Å². The van der Waals surface area contributed by atoms with Gasteiger partial charge in [0, 0.05) is 5.69 Å². The first-order chi connectivity index (χ1) is 12.6. The summed E-state index contributed by atoms with van der Waals surface area (Å²) in [7, 11) is 0. The second kappa shape index (κ2) is 7.93. The molecular formula is C18H16N4O4. The van der Waals surface area contributed by atoms with E-state index < -0.39 is 12.1 Å². The van der Waals surface area contributed by atoms with Gasteiger partial charge in [-0.2, -0.15) is 5.10 Å². The van der Waals surface area contributed by atoms with Crippen molar-refractivity contribution in [3.63, 3.8) is 0 Å². The van der Waals surface area contributed by atoms with Crippen molar-refractivity contribution in [1.82, 2.24) is 14.8 Å². The lowest BCUT2D eigenvalue weighted by Gasteiger charge is -2.22. The van der Waals surface area contributed by atoms with Crippen molar-refractivity contribution in [3.8, 4) is 0 Å². The third-order valence-corrected chi connectivity index (χ3v) is 3.60. The van der Waals surface area contributed by atoms with Gasteiger partial charge in [-0.05, 0) is 29.8 Å². The molecule has 0 unspecified atom stereocenters. The minimum absolute atomic E-state index is 0.0834. The number of aromatic carboxylic acids is 1. The van der Waals surface area contributed by atoms with Crippen LogP contribution in [0.2, 0.25) is 0 Å². The Balaban J connectivity index is 1.78. The highest BCUT2D eigenvalue weighted by Crippen LogP contribution is 2.18. The second-order valence-electron chi connectivity index (χ2n) is 5.40. The molecule has 0 fully saturated rings. The van der Waals surface area contributed by atoms with Gasteiger partial charge in [-0.1, -0.05) is 30.3 Å². The predicted octanol–water partition coefficient (Wildman–Crippen LogP) is 2.78. The van der Waals surface area contributed by atoms with E-state index in [-0.39, 0.29) is 18.8 Å². The molecule has 0 aliphatic rings. The topological polar surface area (TPSA) is 97.5 Å². The molecule has 8 heteroatoms. The van der Waals surface area contributed by atoms with E-state index in [4.69, 9.17) is 9.84 Å². The summed E-state index contributed by atoms with van der Waals surface area (Å²) in [4.78, 5) is 28.8. The van der Waals surface area contributed by atoms with Gasteiger partial charge in [0.05, 0.1) is 5.56 Å². The lowest BCUT2D eigenvalue weighted by Crippen LogP contribution is -2.33. The van der Waals surface area contributed by atoms with E-state index in [2.05, 4.69) is 10.1 Å². The Hall–Kier alpha value is -3.68. The number of benzene rings is 2. The number of hydrogen-bond acceptors (Lipinski definition) is 5. The summed E-state index contributed by atoms with van der Waals surface area (Å²) in [6.45, 7) is 0.209. The monoisotopic (exact) mass is 352 g/mol. The molecule has 0 radical (unpaired) electrons. The first-order valence-corrected chi connectivity index (χ1v) is 7.77. The number of nitrogens with zero attached hydrogens (tertiary/aromatic N) is 4. The smallest absolute Gasteiger partial charge is 0.416 e. The Morgan fingerprint density at radius 1 is 1.08 bits per heavy atom. The van der Waals surface area contributed by atoms with Gasteiger partial charge in [0.2, 0.25) is 0 Å². The van der Waals surface area contributed by atoms with Crippen LogP contribution in [-0.2, 0) is 18.0 Å². The van der Waals surface area contributed by atoms with Crippen molar-refractivity contribution in [2.45, 2.75) is 13.3 Å². The average molecular weight is 352 g/mol. The third kappa shape index (κ3) is 4.23. The predicted molar refractivity (Wildman–Crippen MR) is 92.5 cm³/mol. The maximum Gasteiger partial charge on any atom is 0.416 e. The molecule has 26 heavy (non-hydrogen) atoms. The van der Waals surface area contributed by atoms with Gasteiger partial charge >= 0.3 is 12.1 Å². The van der Waals surface area contributed by atoms with Crippen molar-refractivity contribution in [2.24, 2.45) is 0 Å². The lowest BCUT2D eigenvalue weighted by atomic mass is 10.2. The Morgan fingerprint density at radius 2 is 1.81 bits per heavy atom. The zero-order chi connectivity index (χ0) is 18.4. The van der Waals surface area contributed by atoms with Crippen LogP contribution in [0.25, 0.3) is 0 Å². The highest BCUT2D eigenvalue weighted by Gasteiger charge is 2.19. The van der Waals surface area contributed by atoms with Crippen LogP contribution in [0.1, 0.15) is 15.9 Å². The highest BCUT2D eigenvalue weighted by atomic mass is 16.6. The van der Waals surface area contributed by atoms with Crippen LogP contribution in [0.15, 0.2) is 67.3 Å². The first kappa shape index (κ1) is 17.2. The highest BCUT2D eigenvalue weighted by molar-refractivity contribution is 5.90. The number of amides is 1. The normalized spacial score (nSPS) is 10.3. The Labute approximate surface area is 149 Å². The summed E-state index contributed by atoms with van der Waals surface area (Å²) in [5, 5.41) is 13.0. The molecular weight excluding hydrogens is 336 g/mol. The SMILES string of the molecule is O=C(O)c1ccc(N(Cn2cncn2)C(=O)OCc2ccccc2)cc1. The molecule has 0 aliphatic heterocycles. The van der Waals surface area contributed by atoms with Crippen LogP contribution in [-0.4, -0.2) is 31.9 Å². The third-order valence-electron chi connectivity index (χ3n) is 3.60. The van der Waals surface area contributed by atoms with E-state index in [1.807, 2.05) is 30.3 Å². The molecule has 1 amide bonds. The zero-order valence-corrected chi connectivity index (χ0v) is 13.7. The van der Waals surface area contributed by atoms with Crippen molar-refractivity contribution < 1.29 is 19.4 Å². The summed E-state index contributed by atoms with van der Waals surface area (Å²) in [6, 6.07) is 15.3. The van der Waals surface area contributed by atoms with E-state index in [1.54, 1.807) is 12.1 Å². The number of aromatic nitrogens is 3. The van der Waals surface area contributed by atoms with Gasteiger partial charge in [0.25, 0.3) is 0 Å². The molecule has 0 bridgehead atoms. The molecule has 3 aromatic rings. The van der Waals surface area contributed by atoms with Crippen LogP contribution < -0.4 is 4.90 Å². The van der Waals surface area contributed by atoms with Gasteiger partial charge < -0.3 is 9.84 Å². The molecule has 0 atom stereocenters. The standard InChI is InChI=1S/C18H16N4O4/c23-17(24)15-6-8-16(9-7-15)22(13-21-12-19-11-20-21)18(25)26-10-14-4-2-1-3-5-14/h1-9,11-12H,10,13H2,(H,23,24). The minimum Gasteiger partial charge on any atom is -0.478 e. The number of carboxylic acids is 1. The molecule has 1 aromatic heterocycles. The summed E-state index contributed by atoms with van der Waals surface area (Å²) in [5.74, 6) is -1.04. The quantitative estimate of drug-likeness (QED) is 0.732. The second-order valence-corrected chi connectivity index (χ2v) is 5.40. The van der Waals surface area contributed by atoms with Crippen molar-refractivity contribution in [1.29, 1.82) is 0 Å². The van der Waals surface area contributed by atoms with Crippen molar-refractivity contribution in [3.05, 3.63) is 78.4 Å². The van der Waals surface area contributed by atoms with Crippen LogP contribution in [0, 0.1) is 0 Å². The van der Waals surface area contributed by atoms with E-state index in [0.717, 1.165) is 5.56 Å². The molecule has 0 aliphatic carbocycles. The lowest BCUT2D eigenvalue weighted by molar-refractivity contribution is 0.0697. The van der Waals surface area contributed by atoms with Crippen LogP contribution >= 0.6 is 0 Å². The Bertz CT molecular complexity index is 864. The number of hydrogen-bond donors (Lipinski definition) is 1.